The second-order valence-corrected chi connectivity index (χ2v) is 5.12. The lowest BCUT2D eigenvalue weighted by molar-refractivity contribution is -0.0236. The maximum absolute atomic E-state index is 13.9. The maximum Gasteiger partial charge on any atom is 0.282 e. The number of nitrogens with one attached hydrogen (secondary N) is 1. The second-order valence-electron chi connectivity index (χ2n) is 4.20. The van der Waals surface area contributed by atoms with Gasteiger partial charge in [0.05, 0.1) is 4.88 Å². The molecular formula is C11H15F2NS. The second kappa shape index (κ2) is 4.18. The molecule has 1 aliphatic rings. The Morgan fingerprint density at radius 2 is 2.40 bits per heavy atom. The van der Waals surface area contributed by atoms with E-state index in [1.165, 1.54) is 11.3 Å². The van der Waals surface area contributed by atoms with Crippen molar-refractivity contribution in [3.8, 4) is 0 Å². The number of rotatable bonds is 3. The third-order valence-electron chi connectivity index (χ3n) is 2.90. The molecule has 0 spiro atoms. The quantitative estimate of drug-likeness (QED) is 0.842. The van der Waals surface area contributed by atoms with Crippen molar-refractivity contribution in [3.63, 3.8) is 0 Å². The van der Waals surface area contributed by atoms with Gasteiger partial charge in [-0.2, -0.15) is 0 Å². The summed E-state index contributed by atoms with van der Waals surface area (Å²) in [5, 5.41) is 4.87. The number of hydrogen-bond acceptors (Lipinski definition) is 2. The highest BCUT2D eigenvalue weighted by molar-refractivity contribution is 7.10. The Hall–Kier alpha value is -0.480. The normalized spacial score (nSPS) is 22.2. The topological polar surface area (TPSA) is 12.0 Å². The monoisotopic (exact) mass is 231 g/mol. The van der Waals surface area contributed by atoms with E-state index < -0.39 is 5.92 Å². The summed E-state index contributed by atoms with van der Waals surface area (Å²) in [6.07, 6.45) is 0.862. The minimum atomic E-state index is -2.64. The first-order chi connectivity index (χ1) is 7.09. The molecule has 1 saturated heterocycles. The molecule has 0 amide bonds. The molecule has 1 aromatic heterocycles. The molecule has 84 valence electrons. The van der Waals surface area contributed by atoms with Crippen LogP contribution in [0.3, 0.4) is 0 Å². The fourth-order valence-corrected chi connectivity index (χ4v) is 3.01. The van der Waals surface area contributed by atoms with Crippen molar-refractivity contribution in [3.05, 3.63) is 21.9 Å². The fourth-order valence-electron chi connectivity index (χ4n) is 2.09. The lowest BCUT2D eigenvalue weighted by Crippen LogP contribution is -2.20. The molecule has 0 aliphatic carbocycles. The molecule has 15 heavy (non-hydrogen) atoms. The van der Waals surface area contributed by atoms with Crippen LogP contribution in [-0.2, 0) is 5.92 Å². The lowest BCUT2D eigenvalue weighted by atomic mass is 9.98. The van der Waals surface area contributed by atoms with Gasteiger partial charge in [-0.15, -0.1) is 11.3 Å². The van der Waals surface area contributed by atoms with Crippen molar-refractivity contribution in [2.75, 3.05) is 13.1 Å². The fraction of sp³-hybridized carbons (Fsp3) is 0.636. The van der Waals surface area contributed by atoms with Gasteiger partial charge in [0.1, 0.15) is 0 Å². The van der Waals surface area contributed by atoms with Gasteiger partial charge in [-0.3, -0.25) is 0 Å². The van der Waals surface area contributed by atoms with Gasteiger partial charge < -0.3 is 5.32 Å². The van der Waals surface area contributed by atoms with Gasteiger partial charge in [0.25, 0.3) is 5.92 Å². The largest absolute Gasteiger partial charge is 0.316 e. The van der Waals surface area contributed by atoms with Gasteiger partial charge in [-0.25, -0.2) is 8.78 Å². The third-order valence-corrected chi connectivity index (χ3v) is 4.03. The van der Waals surface area contributed by atoms with E-state index in [1.807, 2.05) is 0 Å². The molecule has 1 nitrogen and oxygen atoms in total. The number of hydrogen-bond donors (Lipinski definition) is 1. The Kier molecular flexibility index (Phi) is 3.07. The molecule has 1 N–H and O–H groups in total. The van der Waals surface area contributed by atoms with Gasteiger partial charge in [0.15, 0.2) is 0 Å². The average Bonchev–Trinajstić information content (AvgIpc) is 2.75. The van der Waals surface area contributed by atoms with Crippen LogP contribution < -0.4 is 5.32 Å². The van der Waals surface area contributed by atoms with Crippen LogP contribution in [-0.4, -0.2) is 13.1 Å². The Labute approximate surface area is 92.5 Å². The van der Waals surface area contributed by atoms with Crippen LogP contribution in [0.25, 0.3) is 0 Å². The Bertz CT molecular complexity index is 329. The zero-order valence-electron chi connectivity index (χ0n) is 8.72. The molecule has 0 bridgehead atoms. The summed E-state index contributed by atoms with van der Waals surface area (Å²) in [6, 6.07) is 1.76. The van der Waals surface area contributed by atoms with Crippen LogP contribution >= 0.6 is 11.3 Å². The summed E-state index contributed by atoms with van der Waals surface area (Å²) in [7, 11) is 0. The highest BCUT2D eigenvalue weighted by Gasteiger charge is 2.37. The standard InChI is InChI=1S/C11H15F2NS/c1-8-3-5-15-10(8)11(12,13)6-9-2-4-14-7-9/h3,5,9,14H,2,4,6-7H2,1H3. The van der Waals surface area contributed by atoms with Gasteiger partial charge >= 0.3 is 0 Å². The zero-order chi connectivity index (χ0) is 10.9. The van der Waals surface area contributed by atoms with Crippen molar-refractivity contribution in [1.82, 2.24) is 5.32 Å². The van der Waals surface area contributed by atoms with Crippen molar-refractivity contribution in [2.45, 2.75) is 25.7 Å². The smallest absolute Gasteiger partial charge is 0.282 e. The number of aryl methyl sites for hydroxylation is 1. The van der Waals surface area contributed by atoms with Crippen LogP contribution in [0, 0.1) is 12.8 Å². The Balaban J connectivity index is 2.08. The van der Waals surface area contributed by atoms with Gasteiger partial charge in [-0.05, 0) is 49.4 Å². The van der Waals surface area contributed by atoms with E-state index in [1.54, 1.807) is 18.4 Å². The van der Waals surface area contributed by atoms with Crippen molar-refractivity contribution in [1.29, 1.82) is 0 Å². The predicted octanol–water partition coefficient (Wildman–Crippen LogP) is 3.15. The van der Waals surface area contributed by atoms with Crippen molar-refractivity contribution < 1.29 is 8.78 Å². The van der Waals surface area contributed by atoms with E-state index in [4.69, 9.17) is 0 Å². The van der Waals surface area contributed by atoms with Crippen LogP contribution in [0.2, 0.25) is 0 Å². The molecule has 2 heterocycles. The summed E-state index contributed by atoms with van der Waals surface area (Å²) in [6.45, 7) is 3.37. The molecule has 1 aromatic rings. The first-order valence-electron chi connectivity index (χ1n) is 5.23. The van der Waals surface area contributed by atoms with E-state index in [2.05, 4.69) is 5.32 Å². The first-order valence-corrected chi connectivity index (χ1v) is 6.10. The molecular weight excluding hydrogens is 216 g/mol. The van der Waals surface area contributed by atoms with Crippen LogP contribution in [0.1, 0.15) is 23.3 Å². The number of thiophene rings is 1. The van der Waals surface area contributed by atoms with E-state index >= 15 is 0 Å². The van der Waals surface area contributed by atoms with Gasteiger partial charge in [0.2, 0.25) is 0 Å². The minimum Gasteiger partial charge on any atom is -0.316 e. The Morgan fingerprint density at radius 1 is 1.60 bits per heavy atom. The van der Waals surface area contributed by atoms with Crippen molar-refractivity contribution in [2.24, 2.45) is 5.92 Å². The van der Waals surface area contributed by atoms with Crippen LogP contribution in [0.15, 0.2) is 11.4 Å². The maximum atomic E-state index is 13.9. The lowest BCUT2D eigenvalue weighted by Gasteiger charge is -2.19. The molecule has 0 radical (unpaired) electrons. The first kappa shape index (κ1) is 11.0. The summed E-state index contributed by atoms with van der Waals surface area (Å²) < 4.78 is 27.8. The highest BCUT2D eigenvalue weighted by atomic mass is 32.1. The van der Waals surface area contributed by atoms with Gasteiger partial charge in [-0.1, -0.05) is 0 Å². The molecule has 1 aliphatic heterocycles. The summed E-state index contributed by atoms with van der Waals surface area (Å²) in [4.78, 5) is 0.245. The van der Waals surface area contributed by atoms with Crippen LogP contribution in [0.4, 0.5) is 8.78 Å². The zero-order valence-corrected chi connectivity index (χ0v) is 9.54. The highest BCUT2D eigenvalue weighted by Crippen LogP contribution is 2.40. The SMILES string of the molecule is Cc1ccsc1C(F)(F)CC1CCNC1. The third kappa shape index (κ3) is 2.37. The number of alkyl halides is 2. The van der Waals surface area contributed by atoms with Crippen LogP contribution in [0.5, 0.6) is 0 Å². The van der Waals surface area contributed by atoms with E-state index in [0.29, 0.717) is 0 Å². The minimum absolute atomic E-state index is 0.0125. The number of halogens is 2. The molecule has 4 heteroatoms. The van der Waals surface area contributed by atoms with Gasteiger partial charge in [0, 0.05) is 6.42 Å². The molecule has 1 atom stereocenters. The Morgan fingerprint density at radius 3 is 2.93 bits per heavy atom. The molecule has 1 unspecified atom stereocenters. The molecule has 0 saturated carbocycles. The molecule has 1 fully saturated rings. The van der Waals surface area contributed by atoms with E-state index in [0.717, 1.165) is 25.1 Å². The summed E-state index contributed by atoms with van der Waals surface area (Å²) in [5.41, 5.74) is 0.718. The van der Waals surface area contributed by atoms with E-state index in [-0.39, 0.29) is 17.2 Å². The average molecular weight is 231 g/mol. The predicted molar refractivity (Wildman–Crippen MR) is 58.5 cm³/mol. The van der Waals surface area contributed by atoms with E-state index in [9.17, 15) is 8.78 Å². The van der Waals surface area contributed by atoms with Crippen molar-refractivity contribution >= 4 is 11.3 Å². The molecule has 0 aromatic carbocycles. The summed E-state index contributed by atoms with van der Waals surface area (Å²) >= 11 is 1.17. The summed E-state index contributed by atoms with van der Waals surface area (Å²) in [5.74, 6) is -2.52. The molecule has 2 rings (SSSR count).